The molecule has 3 aromatic rings. The predicted octanol–water partition coefficient (Wildman–Crippen LogP) is 3.25. The van der Waals surface area contributed by atoms with Gasteiger partial charge in [-0.25, -0.2) is 13.2 Å². The molecule has 1 aromatic heterocycles. The summed E-state index contributed by atoms with van der Waals surface area (Å²) in [6, 6.07) is 8.29. The number of carbonyl (C=O) groups excluding carboxylic acids is 3. The Bertz CT molecular complexity index is 1660. The second kappa shape index (κ2) is 12.2. The number of ether oxygens (including phenoxy) is 2. The van der Waals surface area contributed by atoms with E-state index in [2.05, 4.69) is 5.32 Å². The largest absolute Gasteiger partial charge is 0.483 e. The van der Waals surface area contributed by atoms with Crippen LogP contribution in [0.3, 0.4) is 0 Å². The lowest BCUT2D eigenvalue weighted by atomic mass is 9.85. The number of carbonyl (C=O) groups is 3. The Labute approximate surface area is 250 Å². The third kappa shape index (κ3) is 5.79. The number of pyridine rings is 1. The molecule has 0 spiro atoms. The average Bonchev–Trinajstić information content (AvgIpc) is 3.09. The number of aromatic nitrogens is 1. The molecule has 5 rings (SSSR count). The van der Waals surface area contributed by atoms with Gasteiger partial charge < -0.3 is 29.4 Å². The third-order valence-corrected chi connectivity index (χ3v) is 8.19. The number of hydrogen-bond donors (Lipinski definition) is 2. The molecular weight excluding hydrogens is 583 g/mol. The highest BCUT2D eigenvalue weighted by Crippen LogP contribution is 2.42. The lowest BCUT2D eigenvalue weighted by molar-refractivity contribution is -0.148. The van der Waals surface area contributed by atoms with Gasteiger partial charge in [0.15, 0.2) is 11.4 Å². The van der Waals surface area contributed by atoms with E-state index in [1.54, 1.807) is 37.3 Å². The molecule has 1 fully saturated rings. The van der Waals surface area contributed by atoms with Gasteiger partial charge in [0.1, 0.15) is 29.6 Å². The van der Waals surface area contributed by atoms with Crippen molar-refractivity contribution in [2.24, 2.45) is 0 Å². The summed E-state index contributed by atoms with van der Waals surface area (Å²) in [5, 5.41) is 14.1. The van der Waals surface area contributed by atoms with E-state index in [9.17, 15) is 37.5 Å². The van der Waals surface area contributed by atoms with E-state index in [1.807, 2.05) is 0 Å². The molecule has 2 aliphatic rings. The van der Waals surface area contributed by atoms with Gasteiger partial charge in [0.25, 0.3) is 11.8 Å². The molecule has 232 valence electrons. The van der Waals surface area contributed by atoms with Crippen molar-refractivity contribution in [1.82, 2.24) is 14.8 Å². The molecule has 2 bridgehead atoms. The average molecular weight is 614 g/mol. The maximum atomic E-state index is 14.2. The minimum Gasteiger partial charge on any atom is -0.483 e. The second-order valence-electron chi connectivity index (χ2n) is 11.0. The SMILES string of the molecule is COC(=O)C[C@]1(O)CC[C@H](C)N2C[C@H]1n1cc(C(=O)NCc3c(F)cc(F)cc3F)c(=O)c(OCc3ccccc3)c1C2=O. The van der Waals surface area contributed by atoms with Crippen molar-refractivity contribution >= 4 is 17.8 Å². The maximum Gasteiger partial charge on any atom is 0.308 e. The van der Waals surface area contributed by atoms with Gasteiger partial charge in [0, 0.05) is 43.0 Å². The normalized spacial score (nSPS) is 20.9. The molecule has 0 unspecified atom stereocenters. The molecule has 2 amide bonds. The van der Waals surface area contributed by atoms with Crippen LogP contribution in [0.15, 0.2) is 53.5 Å². The Hall–Kier alpha value is -4.65. The quantitative estimate of drug-likeness (QED) is 0.374. The summed E-state index contributed by atoms with van der Waals surface area (Å²) in [5.74, 6) is -6.40. The lowest BCUT2D eigenvalue weighted by Crippen LogP contribution is -2.53. The van der Waals surface area contributed by atoms with E-state index < -0.39 is 82.1 Å². The molecule has 1 saturated heterocycles. The van der Waals surface area contributed by atoms with Gasteiger partial charge in [0.05, 0.1) is 25.2 Å². The Morgan fingerprint density at radius 2 is 1.80 bits per heavy atom. The molecular formula is C31H30F3N3O7. The van der Waals surface area contributed by atoms with Gasteiger partial charge in [-0.2, -0.15) is 0 Å². The number of hydrogen-bond acceptors (Lipinski definition) is 7. The van der Waals surface area contributed by atoms with Crippen LogP contribution in [-0.4, -0.2) is 57.7 Å². The molecule has 13 heteroatoms. The number of methoxy groups -OCH3 is 1. The van der Waals surface area contributed by atoms with E-state index in [4.69, 9.17) is 9.47 Å². The molecule has 3 heterocycles. The highest BCUT2D eigenvalue weighted by Gasteiger charge is 2.50. The zero-order valence-corrected chi connectivity index (χ0v) is 23.9. The molecule has 0 saturated carbocycles. The van der Waals surface area contributed by atoms with Gasteiger partial charge >= 0.3 is 5.97 Å². The van der Waals surface area contributed by atoms with Crippen LogP contribution >= 0.6 is 0 Å². The molecule has 2 aromatic carbocycles. The topological polar surface area (TPSA) is 127 Å². The number of nitrogens with zero attached hydrogens (tertiary/aromatic N) is 2. The van der Waals surface area contributed by atoms with Crippen LogP contribution in [0.2, 0.25) is 0 Å². The number of rotatable bonds is 8. The van der Waals surface area contributed by atoms with Crippen LogP contribution in [0.25, 0.3) is 0 Å². The third-order valence-electron chi connectivity index (χ3n) is 8.19. The van der Waals surface area contributed by atoms with Gasteiger partial charge in [-0.3, -0.25) is 19.2 Å². The first-order valence-electron chi connectivity index (χ1n) is 13.9. The number of fused-ring (bicyclic) bond motifs is 4. The Balaban J connectivity index is 1.62. The highest BCUT2D eigenvalue weighted by atomic mass is 19.1. The van der Waals surface area contributed by atoms with Crippen LogP contribution in [0.5, 0.6) is 5.75 Å². The summed E-state index contributed by atoms with van der Waals surface area (Å²) in [7, 11) is 1.18. The highest BCUT2D eigenvalue weighted by molar-refractivity contribution is 5.99. The van der Waals surface area contributed by atoms with Gasteiger partial charge in [-0.1, -0.05) is 30.3 Å². The molecule has 44 heavy (non-hydrogen) atoms. The number of nitrogens with one attached hydrogen (secondary N) is 1. The minimum absolute atomic E-state index is 0.0471. The van der Waals surface area contributed by atoms with Crippen molar-refractivity contribution in [1.29, 1.82) is 0 Å². The van der Waals surface area contributed by atoms with Crippen molar-refractivity contribution in [3.8, 4) is 5.75 Å². The van der Waals surface area contributed by atoms with E-state index in [1.165, 1.54) is 16.6 Å². The molecule has 0 radical (unpaired) electrons. The second-order valence-corrected chi connectivity index (χ2v) is 11.0. The van der Waals surface area contributed by atoms with Crippen LogP contribution in [0, 0.1) is 17.5 Å². The summed E-state index contributed by atoms with van der Waals surface area (Å²) in [6.07, 6.45) is 1.07. The standard InChI is InChI=1S/C31H30F3N3O7/c1-17-8-9-31(42,12-25(38)43-2)24-15-36(17)30(41)26-28(44-16-18-6-4-3-5-7-18)27(39)21(14-37(24)26)29(40)35-13-20-22(33)10-19(32)11-23(20)34/h3-7,10-11,14,17,24,42H,8-9,12-13,15-16H2,1-2H3,(H,35,40)/t17-,24+,31+/m0/s1. The van der Waals surface area contributed by atoms with Crippen molar-refractivity contribution in [2.75, 3.05) is 13.7 Å². The fraction of sp³-hybridized carbons (Fsp3) is 0.355. The number of halogens is 3. The summed E-state index contributed by atoms with van der Waals surface area (Å²) in [5.41, 5.74) is -3.45. The van der Waals surface area contributed by atoms with E-state index >= 15 is 0 Å². The van der Waals surface area contributed by atoms with Gasteiger partial charge in [-0.05, 0) is 25.3 Å². The van der Waals surface area contributed by atoms with Gasteiger partial charge in [-0.15, -0.1) is 0 Å². The fourth-order valence-corrected chi connectivity index (χ4v) is 5.70. The molecule has 2 N–H and O–H groups in total. The molecule has 0 aliphatic carbocycles. The minimum atomic E-state index is -1.74. The van der Waals surface area contributed by atoms with Crippen molar-refractivity contribution < 1.29 is 42.1 Å². The van der Waals surface area contributed by atoms with Gasteiger partial charge in [0.2, 0.25) is 5.43 Å². The summed E-state index contributed by atoms with van der Waals surface area (Å²) in [4.78, 5) is 54.9. The van der Waals surface area contributed by atoms with Crippen LogP contribution in [-0.2, 0) is 22.7 Å². The first-order chi connectivity index (χ1) is 20.9. The van der Waals surface area contributed by atoms with E-state index in [-0.39, 0.29) is 31.3 Å². The Morgan fingerprint density at radius 1 is 1.11 bits per heavy atom. The van der Waals surface area contributed by atoms with Crippen LogP contribution in [0.1, 0.15) is 64.2 Å². The smallest absolute Gasteiger partial charge is 0.308 e. The Morgan fingerprint density at radius 3 is 2.45 bits per heavy atom. The van der Waals surface area contributed by atoms with Crippen molar-refractivity contribution in [3.05, 3.63) is 98.7 Å². The zero-order chi connectivity index (χ0) is 31.8. The van der Waals surface area contributed by atoms with Crippen molar-refractivity contribution in [3.63, 3.8) is 0 Å². The number of aliphatic hydroxyl groups is 1. The zero-order valence-electron chi connectivity index (χ0n) is 23.9. The summed E-state index contributed by atoms with van der Waals surface area (Å²) in [6.45, 7) is 0.860. The number of benzene rings is 2. The monoisotopic (exact) mass is 613 g/mol. The molecule has 2 aliphatic heterocycles. The van der Waals surface area contributed by atoms with E-state index in [0.717, 1.165) is 6.20 Å². The number of esters is 1. The molecule has 3 atom stereocenters. The maximum absolute atomic E-state index is 14.2. The van der Waals surface area contributed by atoms with E-state index in [0.29, 0.717) is 24.1 Å². The Kier molecular flexibility index (Phi) is 8.51. The van der Waals surface area contributed by atoms with Crippen LogP contribution < -0.4 is 15.5 Å². The fourth-order valence-electron chi connectivity index (χ4n) is 5.70. The lowest BCUT2D eigenvalue weighted by Gasteiger charge is -2.42. The summed E-state index contributed by atoms with van der Waals surface area (Å²) >= 11 is 0. The first kappa shape index (κ1) is 30.8. The number of amides is 2. The predicted molar refractivity (Wildman–Crippen MR) is 149 cm³/mol. The van der Waals surface area contributed by atoms with Crippen molar-refractivity contribution in [2.45, 2.75) is 57.0 Å². The molecule has 10 nitrogen and oxygen atoms in total. The first-order valence-corrected chi connectivity index (χ1v) is 13.9. The van der Waals surface area contributed by atoms with Crippen LogP contribution in [0.4, 0.5) is 13.2 Å². The summed E-state index contributed by atoms with van der Waals surface area (Å²) < 4.78 is 53.9.